The van der Waals surface area contributed by atoms with Crippen molar-refractivity contribution in [1.82, 2.24) is 10.3 Å². The fourth-order valence-electron chi connectivity index (χ4n) is 2.37. The molecule has 2 amide bonds. The van der Waals surface area contributed by atoms with E-state index in [0.717, 1.165) is 22.0 Å². The van der Waals surface area contributed by atoms with Crippen LogP contribution in [-0.4, -0.2) is 16.8 Å². The second-order valence-electron chi connectivity index (χ2n) is 7.44. The van der Waals surface area contributed by atoms with Crippen molar-refractivity contribution in [2.75, 3.05) is 5.32 Å². The molecule has 0 fully saturated rings. The van der Waals surface area contributed by atoms with Gasteiger partial charge in [-0.1, -0.05) is 32.9 Å². The molecular weight excluding hydrogens is 374 g/mol. The summed E-state index contributed by atoms with van der Waals surface area (Å²) in [6.45, 7) is 5.99. The van der Waals surface area contributed by atoms with Gasteiger partial charge in [0, 0.05) is 22.0 Å². The van der Waals surface area contributed by atoms with Crippen LogP contribution in [-0.2, 0) is 22.6 Å². The van der Waals surface area contributed by atoms with Crippen LogP contribution in [0, 0.1) is 5.41 Å². The number of carbonyl (C=O) groups is 2. The average Bonchev–Trinajstić information content (AvgIpc) is 3.32. The van der Waals surface area contributed by atoms with Gasteiger partial charge >= 0.3 is 0 Å². The predicted octanol–water partition coefficient (Wildman–Crippen LogP) is 4.25. The lowest BCUT2D eigenvalue weighted by atomic mass is 9.95. The van der Waals surface area contributed by atoms with E-state index in [9.17, 15) is 9.59 Å². The summed E-state index contributed by atoms with van der Waals surface area (Å²) in [6, 6.07) is 11.1. The number of carbonyl (C=O) groups excluding carboxylic acids is 2. The Morgan fingerprint density at radius 1 is 1.14 bits per heavy atom. The van der Waals surface area contributed by atoms with Gasteiger partial charge in [0.05, 0.1) is 24.9 Å². The van der Waals surface area contributed by atoms with Gasteiger partial charge < -0.3 is 15.1 Å². The van der Waals surface area contributed by atoms with Crippen molar-refractivity contribution in [1.29, 1.82) is 0 Å². The monoisotopic (exact) mass is 397 g/mol. The third-order valence-electron chi connectivity index (χ3n) is 4.02. The molecule has 2 N–H and O–H groups in total. The largest absolute Gasteiger partial charge is 0.467 e. The maximum absolute atomic E-state index is 12.1. The fourth-order valence-corrected chi connectivity index (χ4v) is 3.17. The van der Waals surface area contributed by atoms with E-state index in [1.807, 2.05) is 56.5 Å². The number of hydrogen-bond donors (Lipinski definition) is 2. The number of thiazole rings is 1. The van der Waals surface area contributed by atoms with Gasteiger partial charge in [0.1, 0.15) is 10.8 Å². The lowest BCUT2D eigenvalue weighted by molar-refractivity contribution is -0.123. The number of nitrogens with zero attached hydrogens (tertiary/aromatic N) is 1. The first kappa shape index (κ1) is 19.8. The van der Waals surface area contributed by atoms with Crippen LogP contribution in [0.4, 0.5) is 5.69 Å². The van der Waals surface area contributed by atoms with Crippen LogP contribution in [0.3, 0.4) is 0 Å². The minimum Gasteiger partial charge on any atom is -0.467 e. The smallest absolute Gasteiger partial charge is 0.229 e. The van der Waals surface area contributed by atoms with E-state index in [0.29, 0.717) is 12.3 Å². The number of benzene rings is 1. The van der Waals surface area contributed by atoms with E-state index in [1.54, 1.807) is 12.3 Å². The number of aromatic nitrogens is 1. The lowest BCUT2D eigenvalue weighted by Crippen LogP contribution is -2.27. The zero-order valence-corrected chi connectivity index (χ0v) is 16.9. The molecule has 2 heterocycles. The first-order valence-corrected chi connectivity index (χ1v) is 9.84. The summed E-state index contributed by atoms with van der Waals surface area (Å²) in [4.78, 5) is 28.7. The molecule has 6 nitrogen and oxygen atoms in total. The van der Waals surface area contributed by atoms with Gasteiger partial charge in [0.2, 0.25) is 11.8 Å². The first-order valence-electron chi connectivity index (χ1n) is 8.96. The van der Waals surface area contributed by atoms with Crippen LogP contribution in [0.15, 0.2) is 52.5 Å². The number of amides is 2. The lowest BCUT2D eigenvalue weighted by Gasteiger charge is -2.17. The molecule has 2 aromatic heterocycles. The SMILES string of the molecule is CC(C)(C)C(=O)Nc1ccc(-c2csc(CC(=O)NCc3ccco3)n2)cc1. The summed E-state index contributed by atoms with van der Waals surface area (Å²) in [5.41, 5.74) is 2.05. The van der Waals surface area contributed by atoms with Gasteiger partial charge in [-0.05, 0) is 24.3 Å². The summed E-state index contributed by atoms with van der Waals surface area (Å²) in [6.07, 6.45) is 1.81. The highest BCUT2D eigenvalue weighted by atomic mass is 32.1. The maximum atomic E-state index is 12.1. The number of rotatable bonds is 6. The van der Waals surface area contributed by atoms with Gasteiger partial charge in [-0.25, -0.2) is 4.98 Å². The van der Waals surface area contributed by atoms with E-state index in [1.165, 1.54) is 11.3 Å². The van der Waals surface area contributed by atoms with Crippen LogP contribution < -0.4 is 10.6 Å². The van der Waals surface area contributed by atoms with Crippen LogP contribution >= 0.6 is 11.3 Å². The van der Waals surface area contributed by atoms with Crippen molar-refractivity contribution >= 4 is 28.8 Å². The summed E-state index contributed by atoms with van der Waals surface area (Å²) in [5.74, 6) is 0.584. The molecule has 0 spiro atoms. The van der Waals surface area contributed by atoms with Crippen molar-refractivity contribution in [2.45, 2.75) is 33.7 Å². The quantitative estimate of drug-likeness (QED) is 0.651. The Balaban J connectivity index is 1.57. The topological polar surface area (TPSA) is 84.2 Å². The molecule has 0 atom stereocenters. The number of nitrogens with one attached hydrogen (secondary N) is 2. The molecule has 0 aliphatic heterocycles. The number of furan rings is 1. The average molecular weight is 398 g/mol. The van der Waals surface area contributed by atoms with E-state index >= 15 is 0 Å². The predicted molar refractivity (Wildman–Crippen MR) is 110 cm³/mol. The molecule has 3 aromatic rings. The summed E-state index contributed by atoms with van der Waals surface area (Å²) >= 11 is 1.45. The van der Waals surface area contributed by atoms with Crippen molar-refractivity contribution in [3.63, 3.8) is 0 Å². The van der Waals surface area contributed by atoms with E-state index in [4.69, 9.17) is 4.42 Å². The van der Waals surface area contributed by atoms with E-state index < -0.39 is 5.41 Å². The van der Waals surface area contributed by atoms with Crippen molar-refractivity contribution < 1.29 is 14.0 Å². The molecule has 0 aliphatic carbocycles. The van der Waals surface area contributed by atoms with Gasteiger partial charge in [0.15, 0.2) is 0 Å². The third-order valence-corrected chi connectivity index (χ3v) is 4.87. The second-order valence-corrected chi connectivity index (χ2v) is 8.38. The zero-order chi connectivity index (χ0) is 20.1. The highest BCUT2D eigenvalue weighted by molar-refractivity contribution is 7.10. The number of hydrogen-bond acceptors (Lipinski definition) is 5. The van der Waals surface area contributed by atoms with E-state index in [-0.39, 0.29) is 18.2 Å². The molecular formula is C21H23N3O3S. The van der Waals surface area contributed by atoms with Crippen LogP contribution in [0.25, 0.3) is 11.3 Å². The molecule has 0 saturated heterocycles. The van der Waals surface area contributed by atoms with Crippen molar-refractivity contribution in [3.05, 3.63) is 58.8 Å². The normalized spacial score (nSPS) is 11.2. The van der Waals surface area contributed by atoms with E-state index in [2.05, 4.69) is 15.6 Å². The van der Waals surface area contributed by atoms with Gasteiger partial charge in [-0.3, -0.25) is 9.59 Å². The maximum Gasteiger partial charge on any atom is 0.229 e. The minimum atomic E-state index is -0.444. The Morgan fingerprint density at radius 3 is 2.54 bits per heavy atom. The van der Waals surface area contributed by atoms with Crippen molar-refractivity contribution in [2.24, 2.45) is 5.41 Å². The summed E-state index contributed by atoms with van der Waals surface area (Å²) in [7, 11) is 0. The fraction of sp³-hybridized carbons (Fsp3) is 0.286. The third kappa shape index (κ3) is 5.29. The van der Waals surface area contributed by atoms with Crippen molar-refractivity contribution in [3.8, 4) is 11.3 Å². The molecule has 3 rings (SSSR count). The first-order chi connectivity index (χ1) is 13.3. The minimum absolute atomic E-state index is 0.0308. The Bertz CT molecular complexity index is 938. The Morgan fingerprint density at radius 2 is 1.89 bits per heavy atom. The highest BCUT2D eigenvalue weighted by Gasteiger charge is 2.21. The number of anilines is 1. The van der Waals surface area contributed by atoms with Crippen LogP contribution in [0.5, 0.6) is 0 Å². The summed E-state index contributed by atoms with van der Waals surface area (Å²) in [5, 5.41) is 8.39. The molecule has 0 aliphatic rings. The van der Waals surface area contributed by atoms with Gasteiger partial charge in [-0.15, -0.1) is 11.3 Å². The Kier molecular flexibility index (Phi) is 5.94. The molecule has 7 heteroatoms. The highest BCUT2D eigenvalue weighted by Crippen LogP contribution is 2.25. The van der Waals surface area contributed by atoms with Crippen LogP contribution in [0.1, 0.15) is 31.5 Å². The second kappa shape index (κ2) is 8.39. The molecule has 1 aromatic carbocycles. The van der Waals surface area contributed by atoms with Crippen LogP contribution in [0.2, 0.25) is 0 Å². The molecule has 146 valence electrons. The Labute approximate surface area is 168 Å². The molecule has 0 radical (unpaired) electrons. The molecule has 0 saturated carbocycles. The Hall–Kier alpha value is -2.93. The van der Waals surface area contributed by atoms with Gasteiger partial charge in [0.25, 0.3) is 0 Å². The molecule has 0 unspecified atom stereocenters. The zero-order valence-electron chi connectivity index (χ0n) is 16.1. The summed E-state index contributed by atoms with van der Waals surface area (Å²) < 4.78 is 5.19. The standard InChI is InChI=1S/C21H23N3O3S/c1-21(2,3)20(26)23-15-8-6-14(7-9-15)17-13-28-19(24-17)11-18(25)22-12-16-5-4-10-27-16/h4-10,13H,11-12H2,1-3H3,(H,22,25)(H,23,26). The molecule has 28 heavy (non-hydrogen) atoms. The van der Waals surface area contributed by atoms with Gasteiger partial charge in [-0.2, -0.15) is 0 Å². The molecule has 0 bridgehead atoms.